The molecule has 0 aliphatic rings. The third kappa shape index (κ3) is 2.08. The molecular formula is C13H8F2N4O3. The van der Waals surface area contributed by atoms with Gasteiger partial charge in [-0.15, -0.1) is 0 Å². The van der Waals surface area contributed by atoms with Crippen LogP contribution in [0.4, 0.5) is 8.78 Å². The van der Waals surface area contributed by atoms with E-state index in [2.05, 4.69) is 15.2 Å². The van der Waals surface area contributed by atoms with E-state index in [1.807, 2.05) is 0 Å². The molecule has 0 saturated carbocycles. The van der Waals surface area contributed by atoms with Gasteiger partial charge in [-0.25, -0.2) is 28.0 Å². The second-order valence-electron chi connectivity index (χ2n) is 4.37. The minimum Gasteiger partial charge on any atom is -0.477 e. The third-order valence-electron chi connectivity index (χ3n) is 3.02. The van der Waals surface area contributed by atoms with Crippen molar-refractivity contribution in [2.45, 2.75) is 0 Å². The molecule has 0 unspecified atom stereocenters. The topological polar surface area (TPSA) is 104 Å². The first-order chi connectivity index (χ1) is 10.5. The van der Waals surface area contributed by atoms with Gasteiger partial charge in [0, 0.05) is 11.8 Å². The zero-order chi connectivity index (χ0) is 15.9. The van der Waals surface area contributed by atoms with Crippen molar-refractivity contribution < 1.29 is 18.7 Å². The molecule has 0 aliphatic heterocycles. The van der Waals surface area contributed by atoms with Gasteiger partial charge in [0.15, 0.2) is 17.5 Å². The van der Waals surface area contributed by atoms with Crippen LogP contribution < -0.4 is 5.69 Å². The average molecular weight is 306 g/mol. The van der Waals surface area contributed by atoms with E-state index in [-0.39, 0.29) is 22.8 Å². The summed E-state index contributed by atoms with van der Waals surface area (Å²) in [6, 6.07) is 4.61. The quantitative estimate of drug-likeness (QED) is 0.682. The first-order valence-electron chi connectivity index (χ1n) is 6.03. The number of hydrogen-bond acceptors (Lipinski definition) is 3. The van der Waals surface area contributed by atoms with Gasteiger partial charge in [0.25, 0.3) is 0 Å². The van der Waals surface area contributed by atoms with Crippen LogP contribution in [0.15, 0.2) is 35.3 Å². The highest BCUT2D eigenvalue weighted by Crippen LogP contribution is 2.22. The predicted molar refractivity (Wildman–Crippen MR) is 70.8 cm³/mol. The van der Waals surface area contributed by atoms with Crippen LogP contribution in [0.5, 0.6) is 0 Å². The zero-order valence-electron chi connectivity index (χ0n) is 10.8. The molecule has 22 heavy (non-hydrogen) atoms. The van der Waals surface area contributed by atoms with Gasteiger partial charge >= 0.3 is 11.7 Å². The Bertz CT molecular complexity index is 926. The van der Waals surface area contributed by atoms with Crippen LogP contribution in [-0.4, -0.2) is 30.8 Å². The third-order valence-corrected chi connectivity index (χ3v) is 3.02. The van der Waals surface area contributed by atoms with Crippen LogP contribution in [-0.2, 0) is 0 Å². The van der Waals surface area contributed by atoms with Crippen LogP contribution >= 0.6 is 0 Å². The number of halogens is 2. The van der Waals surface area contributed by atoms with E-state index in [0.29, 0.717) is 0 Å². The highest BCUT2D eigenvalue weighted by molar-refractivity contribution is 5.87. The predicted octanol–water partition coefficient (Wildman–Crippen LogP) is 1.53. The molecule has 3 rings (SSSR count). The van der Waals surface area contributed by atoms with Crippen molar-refractivity contribution in [1.82, 2.24) is 19.7 Å². The Morgan fingerprint density at radius 3 is 2.77 bits per heavy atom. The van der Waals surface area contributed by atoms with Gasteiger partial charge in [0.2, 0.25) is 0 Å². The smallest absolute Gasteiger partial charge is 0.352 e. The maximum atomic E-state index is 13.9. The zero-order valence-corrected chi connectivity index (χ0v) is 10.8. The number of H-pyrrole nitrogens is 2. The normalized spacial score (nSPS) is 10.8. The molecule has 112 valence electrons. The van der Waals surface area contributed by atoms with Crippen LogP contribution in [0.25, 0.3) is 17.1 Å². The first-order valence-corrected chi connectivity index (χ1v) is 6.03. The number of rotatable bonds is 3. The molecule has 1 aromatic carbocycles. The summed E-state index contributed by atoms with van der Waals surface area (Å²) in [6.45, 7) is 0. The van der Waals surface area contributed by atoms with Crippen LogP contribution in [0, 0.1) is 11.6 Å². The lowest BCUT2D eigenvalue weighted by Crippen LogP contribution is -2.17. The average Bonchev–Trinajstić information content (AvgIpc) is 3.09. The number of carbonyl (C=O) groups is 1. The van der Waals surface area contributed by atoms with Crippen molar-refractivity contribution in [1.29, 1.82) is 0 Å². The molecule has 7 nitrogen and oxygen atoms in total. The minimum atomic E-state index is -1.21. The van der Waals surface area contributed by atoms with Crippen molar-refractivity contribution in [3.63, 3.8) is 0 Å². The Kier molecular flexibility index (Phi) is 3.09. The molecule has 0 spiro atoms. The number of benzene rings is 1. The van der Waals surface area contributed by atoms with Gasteiger partial charge in [-0.3, -0.25) is 0 Å². The van der Waals surface area contributed by atoms with Crippen molar-refractivity contribution in [2.75, 3.05) is 0 Å². The minimum absolute atomic E-state index is 0.0433. The SMILES string of the molecule is O=C(O)c1cc(-c2n[nH]c(=O)n2-c2cccc(F)c2F)c[nH]1. The summed E-state index contributed by atoms with van der Waals surface area (Å²) >= 11 is 0. The van der Waals surface area contributed by atoms with E-state index in [9.17, 15) is 18.4 Å². The Morgan fingerprint density at radius 2 is 2.09 bits per heavy atom. The summed E-state index contributed by atoms with van der Waals surface area (Å²) in [5.74, 6) is -3.57. The highest BCUT2D eigenvalue weighted by atomic mass is 19.2. The first kappa shape index (κ1) is 13.7. The van der Waals surface area contributed by atoms with Crippen molar-refractivity contribution in [3.8, 4) is 17.1 Å². The molecule has 0 saturated heterocycles. The molecule has 0 radical (unpaired) electrons. The molecule has 2 aromatic heterocycles. The molecule has 3 N–H and O–H groups in total. The second-order valence-corrected chi connectivity index (χ2v) is 4.37. The summed E-state index contributed by atoms with van der Waals surface area (Å²) in [7, 11) is 0. The Labute approximate surface area is 120 Å². The standard InChI is InChI=1S/C13H8F2N4O3/c14-7-2-1-3-9(10(7)15)19-11(17-18-13(19)22)6-4-8(12(20)21)16-5-6/h1-5,16H,(H,18,22)(H,20,21). The molecule has 0 bridgehead atoms. The number of hydrogen-bond donors (Lipinski definition) is 3. The van der Waals surface area contributed by atoms with Crippen LogP contribution in [0.2, 0.25) is 0 Å². The van der Waals surface area contributed by atoms with E-state index in [1.165, 1.54) is 24.4 Å². The number of carboxylic acid groups (broad SMARTS) is 1. The fourth-order valence-corrected chi connectivity index (χ4v) is 2.03. The van der Waals surface area contributed by atoms with Crippen molar-refractivity contribution in [3.05, 3.63) is 58.3 Å². The number of nitrogens with zero attached hydrogens (tertiary/aromatic N) is 2. The summed E-state index contributed by atoms with van der Waals surface area (Å²) in [5.41, 5.74) is -1.000. The summed E-state index contributed by atoms with van der Waals surface area (Å²) in [4.78, 5) is 25.2. The summed E-state index contributed by atoms with van der Waals surface area (Å²) < 4.78 is 28.1. The number of aromatic carboxylic acids is 1. The maximum absolute atomic E-state index is 13.9. The van der Waals surface area contributed by atoms with Crippen LogP contribution in [0.3, 0.4) is 0 Å². The highest BCUT2D eigenvalue weighted by Gasteiger charge is 2.19. The second kappa shape index (κ2) is 4.95. The number of aromatic amines is 2. The monoisotopic (exact) mass is 306 g/mol. The van der Waals surface area contributed by atoms with Gasteiger partial charge in [0.1, 0.15) is 5.69 Å². The maximum Gasteiger partial charge on any atom is 0.352 e. The molecule has 0 atom stereocenters. The van der Waals surface area contributed by atoms with Crippen LogP contribution in [0.1, 0.15) is 10.5 Å². The molecule has 0 aliphatic carbocycles. The van der Waals surface area contributed by atoms with Gasteiger partial charge < -0.3 is 10.1 Å². The van der Waals surface area contributed by atoms with Gasteiger partial charge in [0.05, 0.1) is 5.69 Å². The summed E-state index contributed by atoms with van der Waals surface area (Å²) in [6.07, 6.45) is 1.30. The lowest BCUT2D eigenvalue weighted by Gasteiger charge is -2.06. The molecular weight excluding hydrogens is 298 g/mol. The number of aromatic nitrogens is 4. The molecule has 0 amide bonds. The van der Waals surface area contributed by atoms with E-state index < -0.39 is 23.3 Å². The molecule has 0 fully saturated rings. The van der Waals surface area contributed by atoms with Gasteiger partial charge in [-0.05, 0) is 18.2 Å². The lowest BCUT2D eigenvalue weighted by molar-refractivity contribution is 0.0691. The number of carboxylic acids is 1. The molecule has 2 heterocycles. The Balaban J connectivity index is 2.21. The molecule has 9 heteroatoms. The van der Waals surface area contributed by atoms with E-state index >= 15 is 0 Å². The fraction of sp³-hybridized carbons (Fsp3) is 0. The van der Waals surface area contributed by atoms with E-state index in [4.69, 9.17) is 5.11 Å². The Hall–Kier alpha value is -3.23. The lowest BCUT2D eigenvalue weighted by atomic mass is 10.2. The summed E-state index contributed by atoms with van der Waals surface area (Å²) in [5, 5.41) is 14.7. The van der Waals surface area contributed by atoms with Crippen molar-refractivity contribution in [2.24, 2.45) is 0 Å². The van der Waals surface area contributed by atoms with E-state index in [0.717, 1.165) is 10.6 Å². The van der Waals surface area contributed by atoms with E-state index in [1.54, 1.807) is 0 Å². The van der Waals surface area contributed by atoms with Gasteiger partial charge in [-0.2, -0.15) is 5.10 Å². The number of nitrogens with one attached hydrogen (secondary N) is 2. The molecule has 3 aromatic rings. The van der Waals surface area contributed by atoms with Crippen molar-refractivity contribution >= 4 is 5.97 Å². The fourth-order valence-electron chi connectivity index (χ4n) is 2.03. The van der Waals surface area contributed by atoms with Gasteiger partial charge in [-0.1, -0.05) is 6.07 Å². The Morgan fingerprint density at radius 1 is 1.32 bits per heavy atom. The largest absolute Gasteiger partial charge is 0.477 e.